The molecule has 1 aromatic heterocycles. The van der Waals surface area contributed by atoms with Gasteiger partial charge in [-0.2, -0.15) is 0 Å². The van der Waals surface area contributed by atoms with Gasteiger partial charge in [0.15, 0.2) is 0 Å². The molecular weight excluding hydrogens is 266 g/mol. The molecule has 1 heterocycles. The van der Waals surface area contributed by atoms with Crippen molar-refractivity contribution in [2.75, 3.05) is 0 Å². The summed E-state index contributed by atoms with van der Waals surface area (Å²) >= 11 is 5.78. The molecule has 0 saturated carbocycles. The van der Waals surface area contributed by atoms with Crippen molar-refractivity contribution in [2.45, 2.75) is 12.3 Å². The summed E-state index contributed by atoms with van der Waals surface area (Å²) < 4.78 is 0. The van der Waals surface area contributed by atoms with Gasteiger partial charge in [-0.25, -0.2) is 0 Å². The number of hydrogen-bond acceptors (Lipinski definition) is 2. The van der Waals surface area contributed by atoms with E-state index >= 15 is 0 Å². The summed E-state index contributed by atoms with van der Waals surface area (Å²) in [6, 6.07) is 9.92. The minimum atomic E-state index is -0.967. The van der Waals surface area contributed by atoms with E-state index in [4.69, 9.17) is 11.6 Å². The normalized spacial score (nSPS) is 12.1. The van der Waals surface area contributed by atoms with Gasteiger partial charge in [-0.1, -0.05) is 29.8 Å². The van der Waals surface area contributed by atoms with Gasteiger partial charge >= 0.3 is 5.97 Å². The van der Waals surface area contributed by atoms with Crippen LogP contribution in [-0.2, 0) is 11.2 Å². The Morgan fingerprint density at radius 3 is 2.53 bits per heavy atom. The Hall–Kier alpha value is -2.07. The molecule has 0 saturated heterocycles. The fourth-order valence-corrected chi connectivity index (χ4v) is 2.01. The van der Waals surface area contributed by atoms with E-state index in [0.29, 0.717) is 16.1 Å². The van der Waals surface area contributed by atoms with Gasteiger partial charge in [0.2, 0.25) is 0 Å². The van der Waals surface area contributed by atoms with Gasteiger partial charge in [0.25, 0.3) is 5.56 Å². The zero-order chi connectivity index (χ0) is 13.8. The average Bonchev–Trinajstić information content (AvgIpc) is 2.39. The molecule has 0 spiro atoms. The maximum absolute atomic E-state index is 11.6. The number of carbonyl (C=O) groups is 1. The molecule has 0 amide bonds. The number of aromatic nitrogens is 1. The molecule has 1 atom stereocenters. The molecule has 0 bridgehead atoms. The topological polar surface area (TPSA) is 70.2 Å². The first-order valence-electron chi connectivity index (χ1n) is 5.73. The summed E-state index contributed by atoms with van der Waals surface area (Å²) in [6.07, 6.45) is 1.66. The van der Waals surface area contributed by atoms with Gasteiger partial charge in [0.05, 0.1) is 5.92 Å². The predicted octanol–water partition coefficient (Wildman–Crippen LogP) is 2.44. The lowest BCUT2D eigenvalue weighted by atomic mass is 9.93. The number of carboxylic acids is 1. The zero-order valence-electron chi connectivity index (χ0n) is 9.97. The smallest absolute Gasteiger partial charge is 0.311 e. The number of pyridine rings is 1. The minimum absolute atomic E-state index is 0.146. The number of hydrogen-bond donors (Lipinski definition) is 2. The van der Waals surface area contributed by atoms with Crippen molar-refractivity contribution >= 4 is 17.6 Å². The average molecular weight is 278 g/mol. The van der Waals surface area contributed by atoms with Crippen LogP contribution < -0.4 is 5.56 Å². The van der Waals surface area contributed by atoms with Crippen LogP contribution in [0.25, 0.3) is 0 Å². The zero-order valence-corrected chi connectivity index (χ0v) is 10.7. The summed E-state index contributed by atoms with van der Waals surface area (Å²) in [7, 11) is 0. The monoisotopic (exact) mass is 277 g/mol. The van der Waals surface area contributed by atoms with Crippen LogP contribution in [-0.4, -0.2) is 16.1 Å². The lowest BCUT2D eigenvalue weighted by Crippen LogP contribution is -2.20. The highest BCUT2D eigenvalue weighted by Crippen LogP contribution is 2.22. The summed E-state index contributed by atoms with van der Waals surface area (Å²) in [5.74, 6) is -1.73. The fourth-order valence-electron chi connectivity index (χ4n) is 1.88. The van der Waals surface area contributed by atoms with E-state index in [9.17, 15) is 14.7 Å². The number of carboxylic acid groups (broad SMARTS) is 1. The van der Waals surface area contributed by atoms with Gasteiger partial charge in [-0.15, -0.1) is 0 Å². The van der Waals surface area contributed by atoms with Gasteiger partial charge in [-0.3, -0.25) is 9.59 Å². The van der Waals surface area contributed by atoms with Gasteiger partial charge in [-0.05, 0) is 30.2 Å². The number of halogens is 1. The molecule has 1 aromatic carbocycles. The molecule has 0 aliphatic rings. The molecule has 5 heteroatoms. The van der Waals surface area contributed by atoms with Crippen LogP contribution in [0.3, 0.4) is 0 Å². The number of nitrogens with one attached hydrogen (secondary N) is 1. The largest absolute Gasteiger partial charge is 0.481 e. The maximum atomic E-state index is 11.6. The fraction of sp³-hybridized carbons (Fsp3) is 0.143. The Balaban J connectivity index is 2.32. The third-order valence-corrected chi connectivity index (χ3v) is 3.15. The molecule has 4 nitrogen and oxygen atoms in total. The number of aliphatic carboxylic acids is 1. The van der Waals surface area contributed by atoms with Crippen LogP contribution in [0.1, 0.15) is 17.0 Å². The number of aromatic amines is 1. The quantitative estimate of drug-likeness (QED) is 0.902. The third-order valence-electron chi connectivity index (χ3n) is 2.89. The first-order valence-corrected chi connectivity index (χ1v) is 6.10. The molecular formula is C14H12ClNO3. The van der Waals surface area contributed by atoms with Gasteiger partial charge in [0, 0.05) is 16.8 Å². The van der Waals surface area contributed by atoms with Crippen LogP contribution in [0.2, 0.25) is 5.02 Å². The third kappa shape index (κ3) is 3.23. The van der Waals surface area contributed by atoms with E-state index < -0.39 is 11.9 Å². The van der Waals surface area contributed by atoms with Crippen molar-refractivity contribution in [1.29, 1.82) is 0 Å². The summed E-state index contributed by atoms with van der Waals surface area (Å²) in [5, 5.41) is 9.85. The highest BCUT2D eigenvalue weighted by Gasteiger charge is 2.21. The molecule has 98 valence electrons. The number of rotatable bonds is 4. The number of H-pyrrole nitrogens is 1. The summed E-state index contributed by atoms with van der Waals surface area (Å²) in [6.45, 7) is 0. The summed E-state index contributed by atoms with van der Waals surface area (Å²) in [5.41, 5.74) is 0.813. The van der Waals surface area contributed by atoms with E-state index in [1.54, 1.807) is 36.4 Å². The predicted molar refractivity (Wildman–Crippen MR) is 72.6 cm³/mol. The van der Waals surface area contributed by atoms with Crippen molar-refractivity contribution in [3.63, 3.8) is 0 Å². The first kappa shape index (κ1) is 13.4. The first-order chi connectivity index (χ1) is 9.08. The van der Waals surface area contributed by atoms with Crippen molar-refractivity contribution in [2.24, 2.45) is 0 Å². The van der Waals surface area contributed by atoms with E-state index in [2.05, 4.69) is 4.98 Å². The second kappa shape index (κ2) is 5.71. The van der Waals surface area contributed by atoms with E-state index in [0.717, 1.165) is 0 Å². The van der Waals surface area contributed by atoms with Crippen LogP contribution in [0.15, 0.2) is 47.4 Å². The Labute approximate surface area is 114 Å². The lowest BCUT2D eigenvalue weighted by Gasteiger charge is -2.12. The molecule has 0 radical (unpaired) electrons. The second-order valence-electron chi connectivity index (χ2n) is 4.17. The van der Waals surface area contributed by atoms with Crippen molar-refractivity contribution in [1.82, 2.24) is 4.98 Å². The molecule has 2 N–H and O–H groups in total. The highest BCUT2D eigenvalue weighted by atomic mass is 35.5. The van der Waals surface area contributed by atoms with Crippen molar-refractivity contribution < 1.29 is 9.90 Å². The van der Waals surface area contributed by atoms with Crippen LogP contribution >= 0.6 is 11.6 Å². The van der Waals surface area contributed by atoms with Gasteiger partial charge in [0.1, 0.15) is 0 Å². The van der Waals surface area contributed by atoms with E-state index in [-0.39, 0.29) is 12.0 Å². The Kier molecular flexibility index (Phi) is 4.02. The molecule has 19 heavy (non-hydrogen) atoms. The molecule has 2 aromatic rings. The van der Waals surface area contributed by atoms with E-state index in [1.165, 1.54) is 6.20 Å². The van der Waals surface area contributed by atoms with E-state index in [1.807, 2.05) is 0 Å². The minimum Gasteiger partial charge on any atom is -0.481 e. The summed E-state index contributed by atoms with van der Waals surface area (Å²) in [4.78, 5) is 25.5. The molecule has 1 unspecified atom stereocenters. The molecule has 2 rings (SSSR count). The number of benzene rings is 1. The molecule has 0 aliphatic carbocycles. The Morgan fingerprint density at radius 2 is 1.95 bits per heavy atom. The Bertz CT molecular complexity index is 634. The second-order valence-corrected chi connectivity index (χ2v) is 4.61. The van der Waals surface area contributed by atoms with Crippen molar-refractivity contribution in [3.8, 4) is 0 Å². The van der Waals surface area contributed by atoms with Crippen molar-refractivity contribution in [3.05, 3.63) is 69.1 Å². The Morgan fingerprint density at radius 1 is 1.26 bits per heavy atom. The standard InChI is InChI=1S/C14H12ClNO3/c15-11-5-3-9(4-6-11)12(14(18)19)8-10-2-1-7-16-13(10)17/h1-7,12H,8H2,(H,16,17)(H,18,19). The molecule has 0 fully saturated rings. The van der Waals surface area contributed by atoms with Crippen LogP contribution in [0, 0.1) is 0 Å². The highest BCUT2D eigenvalue weighted by molar-refractivity contribution is 6.30. The van der Waals surface area contributed by atoms with Crippen LogP contribution in [0.4, 0.5) is 0 Å². The van der Waals surface area contributed by atoms with Gasteiger partial charge < -0.3 is 10.1 Å². The SMILES string of the molecule is O=C(O)C(Cc1ccc[nH]c1=O)c1ccc(Cl)cc1. The van der Waals surface area contributed by atoms with Crippen LogP contribution in [0.5, 0.6) is 0 Å². The maximum Gasteiger partial charge on any atom is 0.311 e. The molecule has 0 aliphatic heterocycles. The lowest BCUT2D eigenvalue weighted by molar-refractivity contribution is -0.138.